The summed E-state index contributed by atoms with van der Waals surface area (Å²) in [6.45, 7) is 1.33. The fourth-order valence-electron chi connectivity index (χ4n) is 2.90. The van der Waals surface area contributed by atoms with Crippen molar-refractivity contribution in [3.8, 4) is 5.75 Å². The molecule has 1 aliphatic rings. The van der Waals surface area contributed by atoms with Gasteiger partial charge in [-0.1, -0.05) is 18.2 Å². The van der Waals surface area contributed by atoms with E-state index >= 15 is 0 Å². The molecule has 1 aliphatic heterocycles. The number of benzene rings is 2. The predicted molar refractivity (Wildman–Crippen MR) is 109 cm³/mol. The lowest BCUT2D eigenvalue weighted by molar-refractivity contribution is -0.248. The van der Waals surface area contributed by atoms with Crippen molar-refractivity contribution in [2.45, 2.75) is 37.9 Å². The highest BCUT2D eigenvalue weighted by molar-refractivity contribution is 5.92. The van der Waals surface area contributed by atoms with Crippen LogP contribution in [-0.4, -0.2) is 70.7 Å². The molecule has 9 nitrogen and oxygen atoms in total. The predicted octanol–water partition coefficient (Wildman–Crippen LogP) is 1.37. The van der Waals surface area contributed by atoms with E-state index in [1.807, 2.05) is 6.07 Å². The molecule has 4 N–H and O–H groups in total. The molecular formula is C22H26O9. The highest BCUT2D eigenvalue weighted by Crippen LogP contribution is 2.20. The van der Waals surface area contributed by atoms with Crippen molar-refractivity contribution < 1.29 is 44.2 Å². The minimum Gasteiger partial charge on any atom is -0.478 e. The van der Waals surface area contributed by atoms with Crippen LogP contribution < -0.4 is 4.74 Å². The summed E-state index contributed by atoms with van der Waals surface area (Å²) in [4.78, 5) is 22.7. The van der Waals surface area contributed by atoms with Gasteiger partial charge in [0.1, 0.15) is 18.0 Å². The molecule has 1 heterocycles. The minimum atomic E-state index is -1.03. The number of aryl methyl sites for hydroxylation is 1. The van der Waals surface area contributed by atoms with Crippen LogP contribution in [0.15, 0.2) is 48.5 Å². The average Bonchev–Trinajstić information content (AvgIpc) is 2.76. The average molecular weight is 434 g/mol. The van der Waals surface area contributed by atoms with Crippen LogP contribution in [0.2, 0.25) is 0 Å². The molecule has 2 unspecified atom stereocenters. The molecule has 1 saturated heterocycles. The zero-order valence-electron chi connectivity index (χ0n) is 17.2. The fourth-order valence-corrected chi connectivity index (χ4v) is 2.90. The molecule has 9 heteroatoms. The van der Waals surface area contributed by atoms with Crippen LogP contribution in [0.3, 0.4) is 0 Å². The Morgan fingerprint density at radius 2 is 1.81 bits per heavy atom. The lowest BCUT2D eigenvalue weighted by Gasteiger charge is -2.35. The first-order valence-electron chi connectivity index (χ1n) is 9.53. The maximum atomic E-state index is 11.8. The number of ether oxygens (including phenoxy) is 3. The fraction of sp³-hybridized carbons (Fsp3) is 0.364. The molecule has 4 atom stereocenters. The molecule has 0 aromatic heterocycles. The van der Waals surface area contributed by atoms with Gasteiger partial charge in [0.05, 0.1) is 23.8 Å². The normalized spacial score (nSPS) is 22.7. The van der Waals surface area contributed by atoms with Crippen LogP contribution in [0.5, 0.6) is 5.75 Å². The van der Waals surface area contributed by atoms with E-state index in [9.17, 15) is 19.8 Å². The Kier molecular flexibility index (Phi) is 9.10. The number of aromatic carboxylic acids is 1. The largest absolute Gasteiger partial charge is 0.478 e. The summed E-state index contributed by atoms with van der Waals surface area (Å²) >= 11 is 0. The van der Waals surface area contributed by atoms with Crippen LogP contribution in [0, 0.1) is 6.92 Å². The molecule has 3 rings (SSSR count). The second kappa shape index (κ2) is 11.5. The monoisotopic (exact) mass is 434 g/mol. The number of aliphatic hydroxyl groups excluding tert-OH is 3. The van der Waals surface area contributed by atoms with E-state index < -0.39 is 36.5 Å². The number of carboxylic acids is 1. The number of rotatable bonds is 5. The van der Waals surface area contributed by atoms with Gasteiger partial charge in [-0.25, -0.2) is 9.59 Å². The zero-order chi connectivity index (χ0) is 23.0. The third-order valence-electron chi connectivity index (χ3n) is 4.63. The molecule has 1 fully saturated rings. The van der Waals surface area contributed by atoms with Crippen LogP contribution in [0.25, 0.3) is 0 Å². The van der Waals surface area contributed by atoms with Gasteiger partial charge in [0.25, 0.3) is 0 Å². The lowest BCUT2D eigenvalue weighted by Crippen LogP contribution is -2.50. The van der Waals surface area contributed by atoms with Crippen LogP contribution >= 0.6 is 0 Å². The summed E-state index contributed by atoms with van der Waals surface area (Å²) in [5.41, 5.74) is 1.19. The first kappa shape index (κ1) is 24.4. The number of carbonyl (C=O) groups excluding carboxylic acids is 1. The third kappa shape index (κ3) is 6.84. The Labute approximate surface area is 179 Å². The van der Waals surface area contributed by atoms with Gasteiger partial charge in [-0.05, 0) is 42.8 Å². The van der Waals surface area contributed by atoms with Crippen molar-refractivity contribution in [3.05, 3.63) is 65.2 Å². The number of hydrogen-bond donors (Lipinski definition) is 4. The number of carbonyl (C=O) groups is 2. The van der Waals surface area contributed by atoms with Crippen molar-refractivity contribution in [3.63, 3.8) is 0 Å². The molecule has 0 saturated carbocycles. The maximum Gasteiger partial charge on any atom is 0.343 e. The summed E-state index contributed by atoms with van der Waals surface area (Å²) < 4.78 is 15.1. The number of methoxy groups -OCH3 is 1. The maximum absolute atomic E-state index is 11.8. The number of hydrogen-bond acceptors (Lipinski definition) is 8. The summed E-state index contributed by atoms with van der Waals surface area (Å²) in [5, 5.41) is 36.2. The quantitative estimate of drug-likeness (QED) is 0.405. The van der Waals surface area contributed by atoms with E-state index in [0.29, 0.717) is 16.9 Å². The van der Waals surface area contributed by atoms with Crippen molar-refractivity contribution in [1.29, 1.82) is 0 Å². The molecule has 2 aromatic carbocycles. The molecule has 31 heavy (non-hydrogen) atoms. The van der Waals surface area contributed by atoms with Crippen LogP contribution in [-0.2, 0) is 9.47 Å². The van der Waals surface area contributed by atoms with Crippen molar-refractivity contribution >= 4 is 11.9 Å². The van der Waals surface area contributed by atoms with Gasteiger partial charge in [-0.2, -0.15) is 0 Å². The molecule has 2 aromatic rings. The Morgan fingerprint density at radius 1 is 1.13 bits per heavy atom. The van der Waals surface area contributed by atoms with E-state index in [-0.39, 0.29) is 18.6 Å². The first-order chi connectivity index (χ1) is 14.8. The van der Waals surface area contributed by atoms with Gasteiger partial charge in [-0.15, -0.1) is 0 Å². The Morgan fingerprint density at radius 3 is 2.35 bits per heavy atom. The van der Waals surface area contributed by atoms with Gasteiger partial charge in [0.15, 0.2) is 6.29 Å². The van der Waals surface area contributed by atoms with Crippen molar-refractivity contribution in [1.82, 2.24) is 0 Å². The molecular weight excluding hydrogens is 408 g/mol. The SMILES string of the molecule is CO[C@@H]1CC(O)[C@H](O)C(CO)O1.Cc1cc(OC(=O)c2ccccc2)ccc1C(=O)O. The molecule has 0 spiro atoms. The highest BCUT2D eigenvalue weighted by Gasteiger charge is 2.36. The molecule has 0 bridgehead atoms. The smallest absolute Gasteiger partial charge is 0.343 e. The number of carboxylic acid groups (broad SMARTS) is 1. The Balaban J connectivity index is 0.000000245. The van der Waals surface area contributed by atoms with E-state index in [0.717, 1.165) is 0 Å². The summed E-state index contributed by atoms with van der Waals surface area (Å²) in [5.74, 6) is -1.14. The number of esters is 1. The lowest BCUT2D eigenvalue weighted by atomic mass is 10.0. The van der Waals surface area contributed by atoms with Gasteiger partial charge < -0.3 is 34.6 Å². The molecule has 0 amide bonds. The zero-order valence-corrected chi connectivity index (χ0v) is 17.2. The summed E-state index contributed by atoms with van der Waals surface area (Å²) in [6.07, 6.45) is -2.98. The number of aliphatic hydroxyl groups is 3. The third-order valence-corrected chi connectivity index (χ3v) is 4.63. The van der Waals surface area contributed by atoms with Crippen molar-refractivity contribution in [2.75, 3.05) is 13.7 Å². The second-order valence-corrected chi connectivity index (χ2v) is 6.85. The first-order valence-corrected chi connectivity index (χ1v) is 9.53. The van der Waals surface area contributed by atoms with Crippen molar-refractivity contribution in [2.24, 2.45) is 0 Å². The van der Waals surface area contributed by atoms with Gasteiger partial charge in [-0.3, -0.25) is 0 Å². The Hall–Kier alpha value is -2.82. The topological polar surface area (TPSA) is 143 Å². The molecule has 168 valence electrons. The van der Waals surface area contributed by atoms with E-state index in [2.05, 4.69) is 0 Å². The Bertz CT molecular complexity index is 869. The van der Waals surface area contributed by atoms with Gasteiger partial charge >= 0.3 is 11.9 Å². The molecule has 0 radical (unpaired) electrons. The molecule has 0 aliphatic carbocycles. The second-order valence-electron chi connectivity index (χ2n) is 6.85. The standard InChI is InChI=1S/C15H12O4.C7H14O5/c1-10-9-12(7-8-13(10)14(16)17)19-15(18)11-5-3-2-4-6-11;1-11-6-2-4(9)7(10)5(3-8)12-6/h2-9H,1H3,(H,16,17);4-10H,2-3H2,1H3/t;4?,5?,6-,7-/m.0/s1. The van der Waals surface area contributed by atoms with Gasteiger partial charge in [0.2, 0.25) is 0 Å². The van der Waals surface area contributed by atoms with E-state index in [1.54, 1.807) is 31.2 Å². The summed E-state index contributed by atoms with van der Waals surface area (Å²) in [6, 6.07) is 13.0. The van der Waals surface area contributed by atoms with E-state index in [4.69, 9.17) is 24.4 Å². The van der Waals surface area contributed by atoms with Gasteiger partial charge in [0, 0.05) is 13.5 Å². The minimum absolute atomic E-state index is 0.194. The summed E-state index contributed by atoms with van der Waals surface area (Å²) in [7, 11) is 1.45. The van der Waals surface area contributed by atoms with E-state index in [1.165, 1.54) is 25.3 Å². The van der Waals surface area contributed by atoms with Crippen LogP contribution in [0.1, 0.15) is 32.7 Å². The highest BCUT2D eigenvalue weighted by atomic mass is 16.7. The van der Waals surface area contributed by atoms with Crippen LogP contribution in [0.4, 0.5) is 0 Å².